The SMILES string of the molecule is CO[C@]12C=C3CCC(C)[C@@]3(CC1)C[C@H]2O. The first-order valence-corrected chi connectivity index (χ1v) is 6.08. The number of rotatable bonds is 1. The fraction of sp³-hybridized carbons (Fsp3) is 0.846. The van der Waals surface area contributed by atoms with Crippen LogP contribution in [-0.2, 0) is 4.74 Å². The highest BCUT2D eigenvalue weighted by molar-refractivity contribution is 5.34. The highest BCUT2D eigenvalue weighted by Crippen LogP contribution is 2.62. The van der Waals surface area contributed by atoms with E-state index in [1.54, 1.807) is 12.7 Å². The van der Waals surface area contributed by atoms with Crippen molar-refractivity contribution in [1.29, 1.82) is 0 Å². The Labute approximate surface area is 91.3 Å². The minimum absolute atomic E-state index is 0.291. The Morgan fingerprint density at radius 1 is 1.47 bits per heavy atom. The van der Waals surface area contributed by atoms with E-state index in [-0.39, 0.29) is 11.7 Å². The molecular formula is C13H20O2. The van der Waals surface area contributed by atoms with Crippen LogP contribution < -0.4 is 0 Å². The van der Waals surface area contributed by atoms with Gasteiger partial charge in [-0.25, -0.2) is 0 Å². The van der Waals surface area contributed by atoms with Crippen LogP contribution in [0, 0.1) is 11.3 Å². The molecule has 0 aromatic rings. The van der Waals surface area contributed by atoms with E-state index in [0.29, 0.717) is 5.41 Å². The second-order valence-electron chi connectivity index (χ2n) is 5.64. The molecule has 0 saturated heterocycles. The van der Waals surface area contributed by atoms with Crippen LogP contribution in [0.4, 0.5) is 0 Å². The standard InChI is InChI=1S/C13H20O2/c1-9-3-4-10-7-13(15-2)6-5-12(9,10)8-11(13)14/h7,9,11,14H,3-6,8H2,1-2H3/t9?,11-,12-,13+/m1/s1. The van der Waals surface area contributed by atoms with Gasteiger partial charge in [-0.15, -0.1) is 0 Å². The molecule has 0 radical (unpaired) electrons. The zero-order valence-corrected chi connectivity index (χ0v) is 9.62. The van der Waals surface area contributed by atoms with Gasteiger partial charge in [-0.05, 0) is 43.4 Å². The molecule has 2 fully saturated rings. The molecule has 0 amide bonds. The summed E-state index contributed by atoms with van der Waals surface area (Å²) in [6, 6.07) is 0. The molecule has 2 heteroatoms. The van der Waals surface area contributed by atoms with Crippen molar-refractivity contribution in [3.63, 3.8) is 0 Å². The maximum absolute atomic E-state index is 10.2. The molecule has 4 aliphatic carbocycles. The summed E-state index contributed by atoms with van der Waals surface area (Å²) in [6.07, 6.45) is 7.61. The lowest BCUT2D eigenvalue weighted by Gasteiger charge is -2.54. The summed E-state index contributed by atoms with van der Waals surface area (Å²) < 4.78 is 5.59. The maximum Gasteiger partial charge on any atom is 0.112 e. The van der Waals surface area contributed by atoms with Crippen LogP contribution in [0.25, 0.3) is 0 Å². The van der Waals surface area contributed by atoms with Crippen molar-refractivity contribution in [2.75, 3.05) is 7.11 Å². The van der Waals surface area contributed by atoms with Gasteiger partial charge in [0.2, 0.25) is 0 Å². The average Bonchev–Trinajstić information content (AvgIpc) is 2.56. The summed E-state index contributed by atoms with van der Waals surface area (Å²) >= 11 is 0. The Hall–Kier alpha value is -0.340. The van der Waals surface area contributed by atoms with Crippen LogP contribution in [0.15, 0.2) is 11.6 Å². The van der Waals surface area contributed by atoms with E-state index < -0.39 is 0 Å². The molecule has 1 N–H and O–H groups in total. The normalized spacial score (nSPS) is 52.9. The highest BCUT2D eigenvalue weighted by atomic mass is 16.5. The van der Waals surface area contributed by atoms with Crippen LogP contribution in [-0.4, -0.2) is 23.9 Å². The molecule has 2 bridgehead atoms. The fourth-order valence-electron chi connectivity index (χ4n) is 4.13. The predicted octanol–water partition coefficient (Wildman–Crippen LogP) is 2.27. The van der Waals surface area contributed by atoms with Gasteiger partial charge in [-0.3, -0.25) is 0 Å². The second-order valence-corrected chi connectivity index (χ2v) is 5.64. The number of methoxy groups -OCH3 is 1. The zero-order chi connectivity index (χ0) is 10.7. The third-order valence-corrected chi connectivity index (χ3v) is 5.31. The lowest BCUT2D eigenvalue weighted by molar-refractivity contribution is -0.133. The molecule has 1 unspecified atom stereocenters. The van der Waals surface area contributed by atoms with E-state index in [0.717, 1.165) is 18.8 Å². The van der Waals surface area contributed by atoms with Crippen LogP contribution in [0.5, 0.6) is 0 Å². The Balaban J connectivity index is 2.09. The molecule has 1 spiro atoms. The van der Waals surface area contributed by atoms with E-state index in [1.807, 2.05) is 0 Å². The van der Waals surface area contributed by atoms with Gasteiger partial charge in [0.25, 0.3) is 0 Å². The van der Waals surface area contributed by atoms with Gasteiger partial charge in [-0.1, -0.05) is 18.6 Å². The van der Waals surface area contributed by atoms with Gasteiger partial charge in [0.05, 0.1) is 6.10 Å². The van der Waals surface area contributed by atoms with Gasteiger partial charge < -0.3 is 9.84 Å². The number of aliphatic hydroxyl groups excluding tert-OH is 1. The van der Waals surface area contributed by atoms with E-state index in [9.17, 15) is 5.11 Å². The molecule has 4 rings (SSSR count). The van der Waals surface area contributed by atoms with Gasteiger partial charge >= 0.3 is 0 Å². The van der Waals surface area contributed by atoms with E-state index in [2.05, 4.69) is 13.0 Å². The van der Waals surface area contributed by atoms with E-state index in [4.69, 9.17) is 4.74 Å². The van der Waals surface area contributed by atoms with Crippen molar-refractivity contribution in [1.82, 2.24) is 0 Å². The Bertz CT molecular complexity index is 322. The molecular weight excluding hydrogens is 188 g/mol. The van der Waals surface area contributed by atoms with Crippen LogP contribution in [0.3, 0.4) is 0 Å². The lowest BCUT2D eigenvalue weighted by Crippen LogP contribution is -2.55. The Kier molecular flexibility index (Phi) is 1.88. The number of ether oxygens (including phenoxy) is 1. The van der Waals surface area contributed by atoms with Crippen molar-refractivity contribution in [3.05, 3.63) is 11.6 Å². The molecule has 15 heavy (non-hydrogen) atoms. The number of aliphatic hydroxyl groups is 1. The summed E-state index contributed by atoms with van der Waals surface area (Å²) in [5.41, 5.74) is 1.56. The number of hydrogen-bond donors (Lipinski definition) is 1. The number of fused-ring (bicyclic) bond motifs is 2. The molecule has 2 saturated carbocycles. The lowest BCUT2D eigenvalue weighted by atomic mass is 9.56. The topological polar surface area (TPSA) is 29.5 Å². The van der Waals surface area contributed by atoms with Crippen LogP contribution in [0.2, 0.25) is 0 Å². The van der Waals surface area contributed by atoms with Gasteiger partial charge in [0.1, 0.15) is 5.60 Å². The van der Waals surface area contributed by atoms with E-state index in [1.165, 1.54) is 19.3 Å². The summed E-state index contributed by atoms with van der Waals surface area (Å²) in [7, 11) is 1.73. The fourth-order valence-corrected chi connectivity index (χ4v) is 4.13. The largest absolute Gasteiger partial charge is 0.390 e. The third-order valence-electron chi connectivity index (χ3n) is 5.31. The predicted molar refractivity (Wildman–Crippen MR) is 58.5 cm³/mol. The minimum Gasteiger partial charge on any atom is -0.390 e. The quantitative estimate of drug-likeness (QED) is 0.670. The van der Waals surface area contributed by atoms with Gasteiger partial charge in [0, 0.05) is 7.11 Å². The smallest absolute Gasteiger partial charge is 0.112 e. The van der Waals surface area contributed by atoms with Crippen LogP contribution in [0.1, 0.15) is 39.0 Å². The molecule has 0 heterocycles. The Morgan fingerprint density at radius 2 is 2.27 bits per heavy atom. The van der Waals surface area contributed by atoms with Crippen LogP contribution >= 0.6 is 0 Å². The second kappa shape index (κ2) is 2.86. The number of hydrogen-bond acceptors (Lipinski definition) is 2. The van der Waals surface area contributed by atoms with Crippen molar-refractivity contribution in [2.24, 2.45) is 11.3 Å². The molecule has 4 aliphatic rings. The highest BCUT2D eigenvalue weighted by Gasteiger charge is 2.58. The summed E-state index contributed by atoms with van der Waals surface area (Å²) in [5, 5.41) is 10.2. The first-order chi connectivity index (χ1) is 7.13. The van der Waals surface area contributed by atoms with Crippen molar-refractivity contribution in [2.45, 2.75) is 50.7 Å². The average molecular weight is 208 g/mol. The van der Waals surface area contributed by atoms with Crippen molar-refractivity contribution >= 4 is 0 Å². The van der Waals surface area contributed by atoms with Crippen molar-refractivity contribution in [3.8, 4) is 0 Å². The summed E-state index contributed by atoms with van der Waals surface area (Å²) in [6.45, 7) is 2.35. The summed E-state index contributed by atoms with van der Waals surface area (Å²) in [5.74, 6) is 0.744. The first-order valence-electron chi connectivity index (χ1n) is 6.08. The van der Waals surface area contributed by atoms with Gasteiger partial charge in [0.15, 0.2) is 0 Å². The molecule has 84 valence electrons. The molecule has 4 atom stereocenters. The van der Waals surface area contributed by atoms with E-state index >= 15 is 0 Å². The van der Waals surface area contributed by atoms with Crippen molar-refractivity contribution < 1.29 is 9.84 Å². The zero-order valence-electron chi connectivity index (χ0n) is 9.62. The monoisotopic (exact) mass is 208 g/mol. The molecule has 2 nitrogen and oxygen atoms in total. The van der Waals surface area contributed by atoms with Gasteiger partial charge in [-0.2, -0.15) is 0 Å². The maximum atomic E-state index is 10.2. The summed E-state index contributed by atoms with van der Waals surface area (Å²) in [4.78, 5) is 0. The molecule has 0 aromatic carbocycles. The first kappa shape index (κ1) is 9.86. The molecule has 0 aromatic heterocycles. The number of allylic oxidation sites excluding steroid dienone is 1. The Morgan fingerprint density at radius 3 is 2.93 bits per heavy atom. The molecule has 0 aliphatic heterocycles. The minimum atomic E-state index is -0.346. The third kappa shape index (κ3) is 1.02.